The topological polar surface area (TPSA) is 71.5 Å². The molecule has 1 aromatic heterocycles. The standard InChI is InChI=1S/C25H34N3O5PS/c1-4-33-24(29)23-21(10-11-26(2)3)35-25(22(23)20-8-6-5-7-9-20)34(30,27-12-16-31-17-13-27)28-14-18-32-19-15-28/h5-11H,4,12-19H2,1-3H3. The van der Waals surface area contributed by atoms with Gasteiger partial charge < -0.3 is 19.1 Å². The number of nitrogens with zero attached hydrogens (tertiary/aromatic N) is 3. The Bertz CT molecular complexity index is 1050. The Morgan fingerprint density at radius 1 is 1.06 bits per heavy atom. The van der Waals surface area contributed by atoms with Crippen molar-refractivity contribution in [1.29, 1.82) is 0 Å². The van der Waals surface area contributed by atoms with Crippen LogP contribution in [0.5, 0.6) is 0 Å². The highest BCUT2D eigenvalue weighted by molar-refractivity contribution is 7.73. The molecule has 2 aliphatic heterocycles. The number of carbonyl (C=O) groups excluding carboxylic acids is 1. The van der Waals surface area contributed by atoms with Crippen LogP contribution in [0.3, 0.4) is 0 Å². The summed E-state index contributed by atoms with van der Waals surface area (Å²) in [5.41, 5.74) is 2.03. The van der Waals surface area contributed by atoms with Crippen LogP contribution in [-0.4, -0.2) is 93.5 Å². The second kappa shape index (κ2) is 11.8. The number of benzene rings is 1. The van der Waals surface area contributed by atoms with E-state index in [-0.39, 0.29) is 6.61 Å². The molecular weight excluding hydrogens is 485 g/mol. The summed E-state index contributed by atoms with van der Waals surface area (Å²) >= 11 is 1.43. The summed E-state index contributed by atoms with van der Waals surface area (Å²) in [5.74, 6) is -0.400. The van der Waals surface area contributed by atoms with Gasteiger partial charge in [0.2, 0.25) is 0 Å². The van der Waals surface area contributed by atoms with E-state index in [1.54, 1.807) is 6.92 Å². The van der Waals surface area contributed by atoms with Gasteiger partial charge in [-0.05, 0) is 24.8 Å². The number of esters is 1. The van der Waals surface area contributed by atoms with E-state index in [1.807, 2.05) is 61.6 Å². The van der Waals surface area contributed by atoms with Crippen molar-refractivity contribution in [3.8, 4) is 11.1 Å². The summed E-state index contributed by atoms with van der Waals surface area (Å²) in [7, 11) is 0.592. The molecule has 2 saturated heterocycles. The molecule has 190 valence electrons. The molecule has 0 saturated carbocycles. The predicted octanol–water partition coefficient (Wildman–Crippen LogP) is 3.61. The normalized spacial score (nSPS) is 18.1. The molecule has 35 heavy (non-hydrogen) atoms. The van der Waals surface area contributed by atoms with Crippen LogP contribution in [0.4, 0.5) is 0 Å². The molecule has 0 N–H and O–H groups in total. The molecule has 1 aromatic carbocycles. The molecule has 0 spiro atoms. The summed E-state index contributed by atoms with van der Waals surface area (Å²) in [6.45, 7) is 6.44. The Kier molecular flexibility index (Phi) is 8.81. The van der Waals surface area contributed by atoms with Crippen LogP contribution < -0.4 is 4.62 Å². The van der Waals surface area contributed by atoms with E-state index >= 15 is 4.57 Å². The lowest BCUT2D eigenvalue weighted by atomic mass is 10.0. The van der Waals surface area contributed by atoms with Gasteiger partial charge in [-0.2, -0.15) is 0 Å². The summed E-state index contributed by atoms with van der Waals surface area (Å²) in [6.07, 6.45) is 3.82. The number of morpholine rings is 2. The molecule has 0 amide bonds. The Hall–Kier alpha value is -2.00. The van der Waals surface area contributed by atoms with Crippen LogP contribution >= 0.6 is 18.8 Å². The SMILES string of the molecule is CCOC(=O)c1c(C=CN(C)C)sc(P(=O)(N2CCOCC2)N2CCOCC2)c1-c1ccccc1. The molecule has 10 heteroatoms. The molecule has 0 atom stereocenters. The molecule has 0 radical (unpaired) electrons. The Balaban J connectivity index is 2.00. The maximum atomic E-state index is 15.4. The van der Waals surface area contributed by atoms with Crippen molar-refractivity contribution < 1.29 is 23.6 Å². The van der Waals surface area contributed by atoms with Crippen molar-refractivity contribution in [3.05, 3.63) is 47.0 Å². The fourth-order valence-electron chi connectivity index (χ4n) is 4.34. The van der Waals surface area contributed by atoms with E-state index < -0.39 is 13.4 Å². The number of thiophene rings is 1. The van der Waals surface area contributed by atoms with Gasteiger partial charge >= 0.3 is 5.97 Å². The second-order valence-electron chi connectivity index (χ2n) is 8.56. The minimum Gasteiger partial charge on any atom is -0.462 e. The van der Waals surface area contributed by atoms with Crippen LogP contribution in [0, 0.1) is 0 Å². The first kappa shape index (κ1) is 26.1. The van der Waals surface area contributed by atoms with Gasteiger partial charge in [-0.1, -0.05) is 30.3 Å². The highest BCUT2D eigenvalue weighted by Crippen LogP contribution is 2.57. The van der Waals surface area contributed by atoms with Gasteiger partial charge in [-0.3, -0.25) is 4.57 Å². The zero-order chi connectivity index (χ0) is 24.8. The number of ether oxygens (including phenoxy) is 3. The first-order chi connectivity index (χ1) is 17.0. The molecule has 2 fully saturated rings. The third-order valence-electron chi connectivity index (χ3n) is 5.99. The minimum absolute atomic E-state index is 0.264. The number of hydrogen-bond donors (Lipinski definition) is 0. The van der Waals surface area contributed by atoms with Crippen molar-refractivity contribution in [3.63, 3.8) is 0 Å². The molecular formula is C25H34N3O5PS. The van der Waals surface area contributed by atoms with Gasteiger partial charge in [0, 0.05) is 50.7 Å². The van der Waals surface area contributed by atoms with E-state index in [4.69, 9.17) is 14.2 Å². The lowest BCUT2D eigenvalue weighted by molar-refractivity contribution is 0.0526. The van der Waals surface area contributed by atoms with E-state index in [0.717, 1.165) is 10.4 Å². The molecule has 4 rings (SSSR count). The summed E-state index contributed by atoms with van der Waals surface area (Å²) < 4.78 is 36.9. The van der Waals surface area contributed by atoms with E-state index in [0.29, 0.717) is 68.4 Å². The monoisotopic (exact) mass is 519 g/mol. The van der Waals surface area contributed by atoms with Crippen LogP contribution in [0.2, 0.25) is 0 Å². The maximum Gasteiger partial charge on any atom is 0.340 e. The maximum absolute atomic E-state index is 15.4. The quantitative estimate of drug-likeness (QED) is 0.387. The minimum atomic E-state index is -3.27. The Morgan fingerprint density at radius 2 is 1.63 bits per heavy atom. The van der Waals surface area contributed by atoms with Gasteiger partial charge in [-0.25, -0.2) is 14.1 Å². The van der Waals surface area contributed by atoms with Gasteiger partial charge in [-0.15, -0.1) is 11.3 Å². The van der Waals surface area contributed by atoms with Crippen molar-refractivity contribution >= 4 is 35.4 Å². The van der Waals surface area contributed by atoms with Crippen molar-refractivity contribution in [2.45, 2.75) is 6.92 Å². The second-order valence-corrected chi connectivity index (χ2v) is 12.6. The lowest BCUT2D eigenvalue weighted by Gasteiger charge is -2.42. The van der Waals surface area contributed by atoms with Crippen molar-refractivity contribution in [2.24, 2.45) is 0 Å². The zero-order valence-corrected chi connectivity index (χ0v) is 22.4. The lowest BCUT2D eigenvalue weighted by Crippen LogP contribution is -2.46. The van der Waals surface area contributed by atoms with Crippen LogP contribution in [0.1, 0.15) is 22.2 Å². The molecule has 2 aromatic rings. The highest BCUT2D eigenvalue weighted by Gasteiger charge is 2.45. The summed E-state index contributed by atoms with van der Waals surface area (Å²) in [5, 5.41) is 0. The number of carbonyl (C=O) groups is 1. The van der Waals surface area contributed by atoms with E-state index in [1.165, 1.54) is 11.3 Å². The largest absolute Gasteiger partial charge is 0.462 e. The number of hydrogen-bond acceptors (Lipinski definition) is 7. The zero-order valence-electron chi connectivity index (χ0n) is 20.6. The average Bonchev–Trinajstić information content (AvgIpc) is 3.29. The molecule has 3 heterocycles. The fourth-order valence-corrected chi connectivity index (χ4v) is 9.56. The highest BCUT2D eigenvalue weighted by atomic mass is 32.1. The Labute approximate surface area is 211 Å². The summed E-state index contributed by atoms with van der Waals surface area (Å²) in [4.78, 5) is 16.0. The average molecular weight is 520 g/mol. The van der Waals surface area contributed by atoms with Crippen molar-refractivity contribution in [2.75, 3.05) is 73.3 Å². The number of rotatable bonds is 8. The van der Waals surface area contributed by atoms with Gasteiger partial charge in [0.1, 0.15) is 4.62 Å². The third-order valence-corrected chi connectivity index (χ3v) is 11.0. The molecule has 0 aliphatic carbocycles. The van der Waals surface area contributed by atoms with Gasteiger partial charge in [0.25, 0.3) is 7.44 Å². The van der Waals surface area contributed by atoms with Crippen molar-refractivity contribution in [1.82, 2.24) is 14.2 Å². The molecule has 0 unspecified atom stereocenters. The van der Waals surface area contributed by atoms with E-state index in [2.05, 4.69) is 9.34 Å². The first-order valence-electron chi connectivity index (χ1n) is 12.0. The molecule has 2 aliphatic rings. The Morgan fingerprint density at radius 3 is 2.14 bits per heavy atom. The fraction of sp³-hybridized carbons (Fsp3) is 0.480. The molecule has 0 bridgehead atoms. The predicted molar refractivity (Wildman–Crippen MR) is 140 cm³/mol. The summed E-state index contributed by atoms with van der Waals surface area (Å²) in [6, 6.07) is 9.76. The smallest absolute Gasteiger partial charge is 0.340 e. The first-order valence-corrected chi connectivity index (χ1v) is 14.4. The molecule has 8 nitrogen and oxygen atoms in total. The van der Waals surface area contributed by atoms with Crippen LogP contribution in [-0.2, 0) is 18.8 Å². The van der Waals surface area contributed by atoms with E-state index in [9.17, 15) is 4.79 Å². The van der Waals surface area contributed by atoms with Crippen LogP contribution in [0.15, 0.2) is 36.5 Å². The third kappa shape index (κ3) is 5.56. The van der Waals surface area contributed by atoms with Gasteiger partial charge in [0.15, 0.2) is 0 Å². The van der Waals surface area contributed by atoms with Gasteiger partial charge in [0.05, 0.1) is 38.6 Å². The van der Waals surface area contributed by atoms with Crippen LogP contribution in [0.25, 0.3) is 17.2 Å².